The molecule has 0 saturated heterocycles. The topological polar surface area (TPSA) is 66.4 Å². The molecule has 0 aliphatic heterocycles. The van der Waals surface area contributed by atoms with Crippen LogP contribution < -0.4 is 5.32 Å². The van der Waals surface area contributed by atoms with Crippen LogP contribution in [0.3, 0.4) is 0 Å². The number of carboxylic acid groups (broad SMARTS) is 1. The van der Waals surface area contributed by atoms with Crippen LogP contribution >= 0.6 is 0 Å². The summed E-state index contributed by atoms with van der Waals surface area (Å²) in [6, 6.07) is 9.65. The molecule has 3 rings (SSSR count). The van der Waals surface area contributed by atoms with Crippen LogP contribution in [0.4, 0.5) is 0 Å². The largest absolute Gasteiger partial charge is 0.481 e. The van der Waals surface area contributed by atoms with Crippen molar-refractivity contribution < 1.29 is 14.7 Å². The Kier molecular flexibility index (Phi) is 3.32. The first-order valence-electron chi connectivity index (χ1n) is 7.27. The van der Waals surface area contributed by atoms with E-state index in [0.717, 1.165) is 12.0 Å². The third-order valence-corrected chi connectivity index (χ3v) is 5.01. The number of hydrogen-bond donors (Lipinski definition) is 2. The Labute approximate surface area is 123 Å². The third kappa shape index (κ3) is 2.15. The maximum absolute atomic E-state index is 12.5. The van der Waals surface area contributed by atoms with Gasteiger partial charge in [0.1, 0.15) is 0 Å². The zero-order valence-electron chi connectivity index (χ0n) is 12.0. The van der Waals surface area contributed by atoms with Gasteiger partial charge in [0.2, 0.25) is 5.91 Å². The molecule has 1 saturated carbocycles. The van der Waals surface area contributed by atoms with Gasteiger partial charge in [-0.3, -0.25) is 9.59 Å². The van der Waals surface area contributed by atoms with E-state index in [2.05, 4.69) is 5.32 Å². The Hall–Kier alpha value is -2.10. The van der Waals surface area contributed by atoms with E-state index in [-0.39, 0.29) is 17.7 Å². The number of amides is 1. The molecular weight excluding hydrogens is 266 g/mol. The number of nitrogens with one attached hydrogen (secondary N) is 1. The van der Waals surface area contributed by atoms with Crippen molar-refractivity contribution >= 4 is 11.9 Å². The SMILES string of the molecule is C[C@@]1(C(=O)O)[C@H]2C=C[C@H](C2)[C@@H]1C(=O)NCc1ccccc1. The monoisotopic (exact) mass is 285 g/mol. The normalized spacial score (nSPS) is 33.1. The second-order valence-electron chi connectivity index (χ2n) is 6.16. The number of allylic oxidation sites excluding steroid dienone is 2. The minimum atomic E-state index is -0.986. The lowest BCUT2D eigenvalue weighted by atomic mass is 9.69. The zero-order valence-corrected chi connectivity index (χ0v) is 12.0. The van der Waals surface area contributed by atoms with Crippen LogP contribution in [-0.4, -0.2) is 17.0 Å². The van der Waals surface area contributed by atoms with Gasteiger partial charge in [0, 0.05) is 6.54 Å². The van der Waals surface area contributed by atoms with E-state index in [1.54, 1.807) is 6.92 Å². The van der Waals surface area contributed by atoms with E-state index in [1.807, 2.05) is 42.5 Å². The Morgan fingerprint density at radius 1 is 1.29 bits per heavy atom. The quantitative estimate of drug-likeness (QED) is 0.834. The molecule has 0 aromatic heterocycles. The van der Waals surface area contributed by atoms with Gasteiger partial charge in [-0.25, -0.2) is 0 Å². The van der Waals surface area contributed by atoms with Gasteiger partial charge in [0.15, 0.2) is 0 Å². The predicted molar refractivity (Wildman–Crippen MR) is 78.3 cm³/mol. The first-order valence-corrected chi connectivity index (χ1v) is 7.27. The molecule has 4 heteroatoms. The van der Waals surface area contributed by atoms with E-state index in [9.17, 15) is 14.7 Å². The highest BCUT2D eigenvalue weighted by atomic mass is 16.4. The van der Waals surface area contributed by atoms with Crippen molar-refractivity contribution in [1.82, 2.24) is 5.32 Å². The van der Waals surface area contributed by atoms with Crippen LogP contribution in [0.2, 0.25) is 0 Å². The highest BCUT2D eigenvalue weighted by molar-refractivity contribution is 5.89. The summed E-state index contributed by atoms with van der Waals surface area (Å²) >= 11 is 0. The van der Waals surface area contributed by atoms with Gasteiger partial charge in [-0.05, 0) is 30.7 Å². The van der Waals surface area contributed by atoms with Gasteiger partial charge >= 0.3 is 5.97 Å². The Morgan fingerprint density at radius 2 is 2.00 bits per heavy atom. The average Bonchev–Trinajstić information content (AvgIpc) is 3.05. The van der Waals surface area contributed by atoms with Crippen molar-refractivity contribution in [2.75, 3.05) is 0 Å². The molecule has 0 heterocycles. The predicted octanol–water partition coefficient (Wildman–Crippen LogP) is 2.22. The summed E-state index contributed by atoms with van der Waals surface area (Å²) in [5.41, 5.74) is 0.0294. The minimum Gasteiger partial charge on any atom is -0.481 e. The molecule has 1 aromatic rings. The molecule has 0 unspecified atom stereocenters. The first kappa shape index (κ1) is 13.9. The second kappa shape index (κ2) is 5.02. The van der Waals surface area contributed by atoms with Crippen LogP contribution in [0.25, 0.3) is 0 Å². The second-order valence-corrected chi connectivity index (χ2v) is 6.16. The van der Waals surface area contributed by atoms with Gasteiger partial charge < -0.3 is 10.4 Å². The van der Waals surface area contributed by atoms with Gasteiger partial charge in [-0.1, -0.05) is 42.5 Å². The average molecular weight is 285 g/mol. The molecule has 0 spiro atoms. The Balaban J connectivity index is 1.75. The fourth-order valence-corrected chi connectivity index (χ4v) is 3.75. The molecule has 1 aromatic carbocycles. The van der Waals surface area contributed by atoms with Gasteiger partial charge in [0.05, 0.1) is 11.3 Å². The number of rotatable bonds is 4. The fraction of sp³-hybridized carbons (Fsp3) is 0.412. The van der Waals surface area contributed by atoms with E-state index in [0.29, 0.717) is 6.54 Å². The number of hydrogen-bond acceptors (Lipinski definition) is 2. The lowest BCUT2D eigenvalue weighted by molar-refractivity contribution is -0.156. The number of carbonyl (C=O) groups excluding carboxylic acids is 1. The van der Waals surface area contributed by atoms with E-state index in [1.165, 1.54) is 0 Å². The maximum Gasteiger partial charge on any atom is 0.310 e. The summed E-state index contributed by atoms with van der Waals surface area (Å²) in [5.74, 6) is -1.49. The molecule has 110 valence electrons. The van der Waals surface area contributed by atoms with Crippen LogP contribution in [0.5, 0.6) is 0 Å². The van der Waals surface area contributed by atoms with E-state index >= 15 is 0 Å². The summed E-state index contributed by atoms with van der Waals surface area (Å²) in [7, 11) is 0. The fourth-order valence-electron chi connectivity index (χ4n) is 3.75. The maximum atomic E-state index is 12.5. The van der Waals surface area contributed by atoms with Crippen molar-refractivity contribution in [3.05, 3.63) is 48.0 Å². The van der Waals surface area contributed by atoms with Crippen molar-refractivity contribution in [2.45, 2.75) is 19.9 Å². The summed E-state index contributed by atoms with van der Waals surface area (Å²) in [6.45, 7) is 2.14. The van der Waals surface area contributed by atoms with Crippen LogP contribution in [-0.2, 0) is 16.1 Å². The first-order chi connectivity index (χ1) is 10.0. The van der Waals surface area contributed by atoms with Crippen molar-refractivity contribution in [1.29, 1.82) is 0 Å². The van der Waals surface area contributed by atoms with Crippen molar-refractivity contribution in [2.24, 2.45) is 23.2 Å². The van der Waals surface area contributed by atoms with Crippen molar-refractivity contribution in [3.8, 4) is 0 Å². The standard InChI is InChI=1S/C17H19NO3/c1-17(16(20)21)13-8-7-12(9-13)14(17)15(19)18-10-11-5-3-2-4-6-11/h2-8,12-14H,9-10H2,1H3,(H,18,19)(H,20,21)/t12-,13+,14-,17-/m1/s1. The van der Waals surface area contributed by atoms with Gasteiger partial charge in [-0.15, -0.1) is 0 Å². The molecular formula is C17H19NO3. The summed E-state index contributed by atoms with van der Waals surface area (Å²) in [4.78, 5) is 24.2. The molecule has 2 aliphatic carbocycles. The van der Waals surface area contributed by atoms with Crippen LogP contribution in [0.15, 0.2) is 42.5 Å². The zero-order chi connectivity index (χ0) is 15.0. The summed E-state index contributed by atoms with van der Waals surface area (Å²) in [5, 5.41) is 12.5. The van der Waals surface area contributed by atoms with Crippen molar-refractivity contribution in [3.63, 3.8) is 0 Å². The van der Waals surface area contributed by atoms with Crippen LogP contribution in [0, 0.1) is 23.2 Å². The number of benzene rings is 1. The summed E-state index contributed by atoms with van der Waals surface area (Å²) in [6.07, 6.45) is 4.73. The summed E-state index contributed by atoms with van der Waals surface area (Å²) < 4.78 is 0. The van der Waals surface area contributed by atoms with Gasteiger partial charge in [0.25, 0.3) is 0 Å². The molecule has 4 nitrogen and oxygen atoms in total. The lowest BCUT2D eigenvalue weighted by Crippen LogP contribution is -2.47. The van der Waals surface area contributed by atoms with Gasteiger partial charge in [-0.2, -0.15) is 0 Å². The Bertz CT molecular complexity index is 595. The van der Waals surface area contributed by atoms with E-state index < -0.39 is 17.3 Å². The number of fused-ring (bicyclic) bond motifs is 2. The smallest absolute Gasteiger partial charge is 0.310 e. The lowest BCUT2D eigenvalue weighted by Gasteiger charge is -2.33. The molecule has 2 aliphatic rings. The molecule has 21 heavy (non-hydrogen) atoms. The molecule has 2 N–H and O–H groups in total. The van der Waals surface area contributed by atoms with Crippen LogP contribution in [0.1, 0.15) is 18.9 Å². The molecule has 0 radical (unpaired) electrons. The highest BCUT2D eigenvalue weighted by Gasteiger charge is 2.60. The number of carboxylic acids is 1. The minimum absolute atomic E-state index is 0.0347. The molecule has 1 fully saturated rings. The molecule has 4 atom stereocenters. The number of aliphatic carboxylic acids is 1. The highest BCUT2D eigenvalue weighted by Crippen LogP contribution is 2.56. The number of carbonyl (C=O) groups is 2. The Morgan fingerprint density at radius 3 is 2.67 bits per heavy atom. The molecule has 2 bridgehead atoms. The molecule has 1 amide bonds. The van der Waals surface area contributed by atoms with E-state index in [4.69, 9.17) is 0 Å². The third-order valence-electron chi connectivity index (χ3n) is 5.01.